The Morgan fingerprint density at radius 2 is 2.00 bits per heavy atom. The smallest absolute Gasteiger partial charge is 0.321 e. The number of rotatable bonds is 6. The maximum Gasteiger partial charge on any atom is 0.321 e. The Labute approximate surface area is 136 Å². The molecule has 7 nitrogen and oxygen atoms in total. The standard InChI is InChI=1S/C14H15FN4O3S/c1-2-7-16-13(21)17-11(20)8-23-14-19-18-12(22-14)9-3-5-10(15)6-4-9/h3-6H,2,7-8H2,1H3,(H2,16,17,20,21). The molecule has 0 bridgehead atoms. The number of carbonyl (C=O) groups is 2. The normalized spacial score (nSPS) is 10.3. The Morgan fingerprint density at radius 3 is 2.70 bits per heavy atom. The van der Waals surface area contributed by atoms with Gasteiger partial charge in [-0.25, -0.2) is 9.18 Å². The molecule has 0 saturated carbocycles. The van der Waals surface area contributed by atoms with Crippen LogP contribution in [0.25, 0.3) is 11.5 Å². The van der Waals surface area contributed by atoms with Crippen LogP contribution in [0.1, 0.15) is 13.3 Å². The molecule has 0 spiro atoms. The molecule has 122 valence electrons. The largest absolute Gasteiger partial charge is 0.411 e. The molecule has 0 aliphatic heterocycles. The molecule has 1 heterocycles. The van der Waals surface area contributed by atoms with Crippen LogP contribution in [0.4, 0.5) is 9.18 Å². The maximum absolute atomic E-state index is 12.9. The van der Waals surface area contributed by atoms with Crippen molar-refractivity contribution in [1.82, 2.24) is 20.8 Å². The predicted octanol–water partition coefficient (Wildman–Crippen LogP) is 2.20. The van der Waals surface area contributed by atoms with E-state index in [1.807, 2.05) is 6.92 Å². The summed E-state index contributed by atoms with van der Waals surface area (Å²) in [6, 6.07) is 5.07. The zero-order chi connectivity index (χ0) is 16.7. The molecule has 2 rings (SSSR count). The number of imide groups is 1. The van der Waals surface area contributed by atoms with Gasteiger partial charge in [-0.3, -0.25) is 10.1 Å². The van der Waals surface area contributed by atoms with Gasteiger partial charge in [0.2, 0.25) is 11.8 Å². The zero-order valence-electron chi connectivity index (χ0n) is 12.3. The van der Waals surface area contributed by atoms with Gasteiger partial charge in [0.25, 0.3) is 5.22 Å². The van der Waals surface area contributed by atoms with Gasteiger partial charge in [-0.1, -0.05) is 18.7 Å². The molecule has 0 fully saturated rings. The highest BCUT2D eigenvalue weighted by molar-refractivity contribution is 7.99. The highest BCUT2D eigenvalue weighted by Gasteiger charge is 2.12. The molecule has 0 unspecified atom stereocenters. The third kappa shape index (κ3) is 5.37. The highest BCUT2D eigenvalue weighted by atomic mass is 32.2. The van der Waals surface area contributed by atoms with Crippen LogP contribution in [-0.2, 0) is 4.79 Å². The van der Waals surface area contributed by atoms with Crippen LogP contribution in [-0.4, -0.2) is 34.4 Å². The number of carbonyl (C=O) groups excluding carboxylic acids is 2. The number of amides is 3. The number of thioether (sulfide) groups is 1. The summed E-state index contributed by atoms with van der Waals surface area (Å²) in [6.07, 6.45) is 0.782. The first-order valence-electron chi connectivity index (χ1n) is 6.88. The third-order valence-corrected chi connectivity index (χ3v) is 3.43. The predicted molar refractivity (Wildman–Crippen MR) is 82.2 cm³/mol. The Balaban J connectivity index is 1.84. The van der Waals surface area contributed by atoms with Gasteiger partial charge in [-0.15, -0.1) is 10.2 Å². The van der Waals surface area contributed by atoms with E-state index in [4.69, 9.17) is 4.42 Å². The van der Waals surface area contributed by atoms with Crippen LogP contribution in [0.5, 0.6) is 0 Å². The van der Waals surface area contributed by atoms with E-state index < -0.39 is 11.9 Å². The van der Waals surface area contributed by atoms with Gasteiger partial charge in [0.05, 0.1) is 5.75 Å². The molecule has 9 heteroatoms. The van der Waals surface area contributed by atoms with Crippen molar-refractivity contribution in [3.8, 4) is 11.5 Å². The van der Waals surface area contributed by atoms with Crippen molar-refractivity contribution in [2.45, 2.75) is 18.6 Å². The summed E-state index contributed by atoms with van der Waals surface area (Å²) >= 11 is 1.01. The van der Waals surface area contributed by atoms with Crippen LogP contribution in [0, 0.1) is 5.82 Å². The minimum absolute atomic E-state index is 0.0371. The van der Waals surface area contributed by atoms with Crippen molar-refractivity contribution < 1.29 is 18.4 Å². The lowest BCUT2D eigenvalue weighted by Gasteiger charge is -2.04. The number of nitrogens with one attached hydrogen (secondary N) is 2. The number of benzene rings is 1. The van der Waals surface area contributed by atoms with E-state index >= 15 is 0 Å². The molecule has 0 aliphatic carbocycles. The van der Waals surface area contributed by atoms with Gasteiger partial charge >= 0.3 is 6.03 Å². The lowest BCUT2D eigenvalue weighted by atomic mass is 10.2. The molecule has 0 radical (unpaired) electrons. The average molecular weight is 338 g/mol. The van der Waals surface area contributed by atoms with Gasteiger partial charge in [0.1, 0.15) is 5.82 Å². The first-order valence-corrected chi connectivity index (χ1v) is 7.87. The van der Waals surface area contributed by atoms with E-state index in [1.165, 1.54) is 24.3 Å². The van der Waals surface area contributed by atoms with Crippen LogP contribution >= 0.6 is 11.8 Å². The number of urea groups is 1. The minimum atomic E-state index is -0.532. The molecule has 0 saturated heterocycles. The number of hydrogen-bond donors (Lipinski definition) is 2. The second-order valence-corrected chi connectivity index (χ2v) is 5.40. The van der Waals surface area contributed by atoms with Gasteiger partial charge in [-0.2, -0.15) is 0 Å². The van der Waals surface area contributed by atoms with Crippen LogP contribution < -0.4 is 10.6 Å². The Kier molecular flexibility index (Phi) is 6.10. The van der Waals surface area contributed by atoms with E-state index in [9.17, 15) is 14.0 Å². The van der Waals surface area contributed by atoms with Crippen molar-refractivity contribution in [3.63, 3.8) is 0 Å². The van der Waals surface area contributed by atoms with E-state index in [-0.39, 0.29) is 22.7 Å². The molecule has 3 amide bonds. The maximum atomic E-state index is 12.9. The van der Waals surface area contributed by atoms with Crippen molar-refractivity contribution >= 4 is 23.7 Å². The van der Waals surface area contributed by atoms with Crippen molar-refractivity contribution in [1.29, 1.82) is 0 Å². The molecular formula is C14H15FN4O3S. The number of hydrogen-bond acceptors (Lipinski definition) is 6. The Hall–Kier alpha value is -2.42. The second kappa shape index (κ2) is 8.28. The quantitative estimate of drug-likeness (QED) is 0.784. The van der Waals surface area contributed by atoms with E-state index in [1.54, 1.807) is 0 Å². The molecule has 0 aliphatic rings. The zero-order valence-corrected chi connectivity index (χ0v) is 13.2. The Morgan fingerprint density at radius 1 is 1.26 bits per heavy atom. The van der Waals surface area contributed by atoms with E-state index in [2.05, 4.69) is 20.8 Å². The van der Waals surface area contributed by atoms with Crippen molar-refractivity contribution in [2.24, 2.45) is 0 Å². The first kappa shape index (κ1) is 16.9. The average Bonchev–Trinajstić information content (AvgIpc) is 3.00. The summed E-state index contributed by atoms with van der Waals surface area (Å²) in [5, 5.41) is 12.5. The monoisotopic (exact) mass is 338 g/mol. The van der Waals surface area contributed by atoms with Crippen LogP contribution in [0.2, 0.25) is 0 Å². The summed E-state index contributed by atoms with van der Waals surface area (Å²) in [4.78, 5) is 22.9. The minimum Gasteiger partial charge on any atom is -0.411 e. The molecule has 2 aromatic rings. The third-order valence-electron chi connectivity index (χ3n) is 2.61. The second-order valence-electron chi connectivity index (χ2n) is 4.47. The topological polar surface area (TPSA) is 97.1 Å². The van der Waals surface area contributed by atoms with Gasteiger partial charge in [-0.05, 0) is 30.7 Å². The summed E-state index contributed by atoms with van der Waals surface area (Å²) in [5.41, 5.74) is 0.578. The van der Waals surface area contributed by atoms with Gasteiger partial charge in [0, 0.05) is 12.1 Å². The molecule has 23 heavy (non-hydrogen) atoms. The highest BCUT2D eigenvalue weighted by Crippen LogP contribution is 2.23. The fourth-order valence-corrected chi connectivity index (χ4v) is 2.11. The Bertz CT molecular complexity index is 675. The molecule has 1 aromatic heterocycles. The van der Waals surface area contributed by atoms with E-state index in [0.29, 0.717) is 12.1 Å². The van der Waals surface area contributed by atoms with Crippen molar-refractivity contribution in [2.75, 3.05) is 12.3 Å². The first-order chi connectivity index (χ1) is 11.1. The summed E-state index contributed by atoms with van der Waals surface area (Å²) < 4.78 is 18.2. The summed E-state index contributed by atoms with van der Waals surface area (Å²) in [6.45, 7) is 2.41. The molecule has 1 aromatic carbocycles. The lowest BCUT2D eigenvalue weighted by Crippen LogP contribution is -2.40. The van der Waals surface area contributed by atoms with Gasteiger partial charge < -0.3 is 9.73 Å². The van der Waals surface area contributed by atoms with Gasteiger partial charge in [0.15, 0.2) is 0 Å². The number of nitrogens with zero attached hydrogens (tertiary/aromatic N) is 2. The van der Waals surface area contributed by atoms with Crippen molar-refractivity contribution in [3.05, 3.63) is 30.1 Å². The summed E-state index contributed by atoms with van der Waals surface area (Å²) in [7, 11) is 0. The molecular weight excluding hydrogens is 323 g/mol. The fraction of sp³-hybridized carbons (Fsp3) is 0.286. The number of halogens is 1. The van der Waals surface area contributed by atoms with E-state index in [0.717, 1.165) is 18.2 Å². The van der Waals surface area contributed by atoms with Crippen LogP contribution in [0.15, 0.2) is 33.9 Å². The van der Waals surface area contributed by atoms with Crippen LogP contribution in [0.3, 0.4) is 0 Å². The molecule has 2 N–H and O–H groups in total. The SMILES string of the molecule is CCCNC(=O)NC(=O)CSc1nnc(-c2ccc(F)cc2)o1. The molecule has 0 atom stereocenters. The summed E-state index contributed by atoms with van der Waals surface area (Å²) in [5.74, 6) is -0.635. The number of aromatic nitrogens is 2. The lowest BCUT2D eigenvalue weighted by molar-refractivity contribution is -0.117. The fourth-order valence-electron chi connectivity index (χ4n) is 1.55.